The van der Waals surface area contributed by atoms with E-state index in [9.17, 15) is 4.39 Å². The fraction of sp³-hybridized carbons (Fsp3) is 0.154. The first-order valence-corrected chi connectivity index (χ1v) is 11.9. The second kappa shape index (κ2) is 9.02. The number of thiocarbonyl (C=S) groups is 1. The molecule has 4 aromatic rings. The van der Waals surface area contributed by atoms with E-state index in [1.165, 1.54) is 6.07 Å². The van der Waals surface area contributed by atoms with Gasteiger partial charge in [0.2, 0.25) is 0 Å². The largest absolute Gasteiger partial charge is 0.351 e. The molecule has 1 aliphatic rings. The van der Waals surface area contributed by atoms with Crippen LogP contribution in [0.15, 0.2) is 72.9 Å². The number of nitrogens with zero attached hydrogens (tertiary/aromatic N) is 3. The highest BCUT2D eigenvalue weighted by atomic mass is 35.5. The Balaban J connectivity index is 1.71. The van der Waals surface area contributed by atoms with E-state index in [-0.39, 0.29) is 17.9 Å². The average Bonchev–Trinajstić information content (AvgIpc) is 3.30. The number of benzene rings is 2. The van der Waals surface area contributed by atoms with Crippen molar-refractivity contribution in [1.29, 1.82) is 0 Å². The molecule has 8 heteroatoms. The summed E-state index contributed by atoms with van der Waals surface area (Å²) in [5, 5.41) is 4.95. The molecule has 2 aromatic carbocycles. The summed E-state index contributed by atoms with van der Waals surface area (Å²) >= 11 is 18.4. The number of para-hydroxylation sites is 1. The van der Waals surface area contributed by atoms with Gasteiger partial charge < -0.3 is 14.8 Å². The van der Waals surface area contributed by atoms with Gasteiger partial charge in [-0.1, -0.05) is 41.4 Å². The summed E-state index contributed by atoms with van der Waals surface area (Å²) in [6.45, 7) is 4.05. The van der Waals surface area contributed by atoms with Crippen molar-refractivity contribution in [3.05, 3.63) is 111 Å². The zero-order chi connectivity index (χ0) is 24.0. The van der Waals surface area contributed by atoms with Crippen LogP contribution in [-0.2, 0) is 0 Å². The summed E-state index contributed by atoms with van der Waals surface area (Å²) in [5.41, 5.74) is 5.02. The number of hydrogen-bond acceptors (Lipinski definition) is 2. The van der Waals surface area contributed by atoms with Crippen LogP contribution in [0.1, 0.15) is 34.7 Å². The van der Waals surface area contributed by atoms with Gasteiger partial charge in [-0.15, -0.1) is 0 Å². The molecule has 34 heavy (non-hydrogen) atoms. The van der Waals surface area contributed by atoms with Gasteiger partial charge in [-0.2, -0.15) is 0 Å². The van der Waals surface area contributed by atoms with Gasteiger partial charge in [0.05, 0.1) is 34.2 Å². The summed E-state index contributed by atoms with van der Waals surface area (Å²) in [6, 6.07) is 19.4. The minimum Gasteiger partial charge on any atom is -0.351 e. The Morgan fingerprint density at radius 2 is 1.74 bits per heavy atom. The first-order valence-electron chi connectivity index (χ1n) is 10.8. The second-order valence-corrected chi connectivity index (χ2v) is 9.44. The highest BCUT2D eigenvalue weighted by Gasteiger charge is 2.43. The highest BCUT2D eigenvalue weighted by Crippen LogP contribution is 2.44. The molecule has 1 saturated heterocycles. The molecule has 0 radical (unpaired) electrons. The Morgan fingerprint density at radius 3 is 2.44 bits per heavy atom. The van der Waals surface area contributed by atoms with Crippen molar-refractivity contribution in [1.82, 2.24) is 14.9 Å². The number of pyridine rings is 1. The molecule has 1 fully saturated rings. The van der Waals surface area contributed by atoms with Crippen molar-refractivity contribution in [2.45, 2.75) is 25.9 Å². The molecule has 4 nitrogen and oxygen atoms in total. The van der Waals surface area contributed by atoms with Crippen LogP contribution < -0.4 is 10.2 Å². The third kappa shape index (κ3) is 3.86. The molecule has 0 aliphatic carbocycles. The topological polar surface area (TPSA) is 33.1 Å². The molecule has 1 N–H and O–H groups in total. The first kappa shape index (κ1) is 22.8. The van der Waals surface area contributed by atoms with Crippen LogP contribution in [0, 0.1) is 19.7 Å². The molecule has 3 heterocycles. The summed E-state index contributed by atoms with van der Waals surface area (Å²) in [6.07, 6.45) is 1.75. The fourth-order valence-corrected chi connectivity index (χ4v) is 5.53. The highest BCUT2D eigenvalue weighted by molar-refractivity contribution is 7.80. The fourth-order valence-electron chi connectivity index (χ4n) is 4.70. The lowest BCUT2D eigenvalue weighted by atomic mass is 9.96. The van der Waals surface area contributed by atoms with Crippen molar-refractivity contribution in [2.75, 3.05) is 4.90 Å². The number of hydrogen-bond donors (Lipinski definition) is 1. The predicted octanol–water partition coefficient (Wildman–Crippen LogP) is 7.11. The number of nitrogens with one attached hydrogen (secondary N) is 1. The summed E-state index contributed by atoms with van der Waals surface area (Å²) in [4.78, 5) is 6.42. The van der Waals surface area contributed by atoms with Gasteiger partial charge in [-0.3, -0.25) is 4.98 Å². The van der Waals surface area contributed by atoms with Crippen LogP contribution in [0.25, 0.3) is 5.69 Å². The summed E-state index contributed by atoms with van der Waals surface area (Å²) < 4.78 is 17.1. The summed E-state index contributed by atoms with van der Waals surface area (Å²) in [7, 11) is 0. The Bertz CT molecular complexity index is 1390. The van der Waals surface area contributed by atoms with Crippen molar-refractivity contribution in [2.24, 2.45) is 0 Å². The van der Waals surface area contributed by atoms with Crippen LogP contribution in [0.5, 0.6) is 0 Å². The minimum atomic E-state index is -0.340. The van der Waals surface area contributed by atoms with Crippen molar-refractivity contribution in [3.63, 3.8) is 0 Å². The quantitative estimate of drug-likeness (QED) is 0.296. The van der Waals surface area contributed by atoms with E-state index in [1.54, 1.807) is 24.4 Å². The van der Waals surface area contributed by atoms with E-state index in [0.717, 1.165) is 28.3 Å². The Kier molecular flexibility index (Phi) is 6.06. The molecule has 172 valence electrons. The molecular formula is C26H21Cl2FN4S. The molecule has 0 unspecified atom stereocenters. The maximum atomic E-state index is 15.0. The maximum Gasteiger partial charge on any atom is 0.174 e. The lowest BCUT2D eigenvalue weighted by Gasteiger charge is -2.28. The molecule has 0 amide bonds. The number of aryl methyl sites for hydroxylation is 1. The first-order chi connectivity index (χ1) is 16.4. The van der Waals surface area contributed by atoms with E-state index in [1.807, 2.05) is 55.1 Å². The van der Waals surface area contributed by atoms with Crippen LogP contribution in [-0.4, -0.2) is 14.7 Å². The number of aromatic nitrogens is 2. The summed E-state index contributed by atoms with van der Waals surface area (Å²) in [5.74, 6) is -0.340. The zero-order valence-corrected chi connectivity index (χ0v) is 20.8. The predicted molar refractivity (Wildman–Crippen MR) is 140 cm³/mol. The zero-order valence-electron chi connectivity index (χ0n) is 18.5. The molecule has 0 spiro atoms. The van der Waals surface area contributed by atoms with E-state index in [2.05, 4.69) is 20.9 Å². The minimum absolute atomic E-state index is 0.275. The normalized spacial score (nSPS) is 17.8. The standard InChI is InChI=1S/C26H21Cl2FN4S/c1-15-13-18(16(2)32(15)22-11-10-17(27)14-19(22)28)25-24(21-8-5-6-12-30-21)31-26(34)33(25)23-9-4-3-7-20(23)29/h3-14,24-25H,1-2H3,(H,31,34)/t24-,25-/m0/s1. The van der Waals surface area contributed by atoms with E-state index in [0.29, 0.717) is 20.8 Å². The smallest absolute Gasteiger partial charge is 0.174 e. The van der Waals surface area contributed by atoms with Crippen LogP contribution in [0.2, 0.25) is 10.0 Å². The third-order valence-corrected chi connectivity index (χ3v) is 7.00. The lowest BCUT2D eigenvalue weighted by Crippen LogP contribution is -2.30. The number of halogens is 3. The van der Waals surface area contributed by atoms with Crippen LogP contribution in [0.4, 0.5) is 10.1 Å². The molecule has 5 rings (SSSR count). The molecule has 0 saturated carbocycles. The van der Waals surface area contributed by atoms with Gasteiger partial charge in [-0.05, 0) is 80.2 Å². The van der Waals surface area contributed by atoms with Gasteiger partial charge in [0.1, 0.15) is 5.82 Å². The van der Waals surface area contributed by atoms with Gasteiger partial charge in [0, 0.05) is 22.6 Å². The SMILES string of the molecule is Cc1cc([C@H]2[C@H](c3ccccn3)NC(=S)N2c2ccccc2F)c(C)n1-c1ccc(Cl)cc1Cl. The molecule has 2 aromatic heterocycles. The monoisotopic (exact) mass is 510 g/mol. The third-order valence-electron chi connectivity index (χ3n) is 6.15. The van der Waals surface area contributed by atoms with E-state index in [4.69, 9.17) is 35.4 Å². The lowest BCUT2D eigenvalue weighted by molar-refractivity contribution is 0.556. The van der Waals surface area contributed by atoms with E-state index < -0.39 is 0 Å². The Hall–Kier alpha value is -2.93. The number of rotatable bonds is 4. The average molecular weight is 511 g/mol. The van der Waals surface area contributed by atoms with Crippen molar-refractivity contribution in [3.8, 4) is 5.69 Å². The van der Waals surface area contributed by atoms with Crippen molar-refractivity contribution < 1.29 is 4.39 Å². The van der Waals surface area contributed by atoms with Crippen LogP contribution in [0.3, 0.4) is 0 Å². The van der Waals surface area contributed by atoms with Gasteiger partial charge in [-0.25, -0.2) is 4.39 Å². The van der Waals surface area contributed by atoms with E-state index >= 15 is 0 Å². The Morgan fingerprint density at radius 1 is 0.971 bits per heavy atom. The molecule has 0 bridgehead atoms. The number of anilines is 1. The van der Waals surface area contributed by atoms with Crippen molar-refractivity contribution >= 4 is 46.2 Å². The second-order valence-electron chi connectivity index (χ2n) is 8.21. The Labute approximate surface area is 213 Å². The van der Waals surface area contributed by atoms with Crippen LogP contribution >= 0.6 is 35.4 Å². The molecule has 2 atom stereocenters. The molecule has 1 aliphatic heterocycles. The maximum absolute atomic E-state index is 15.0. The molecular weight excluding hydrogens is 490 g/mol. The van der Waals surface area contributed by atoms with Gasteiger partial charge in [0.15, 0.2) is 5.11 Å². The van der Waals surface area contributed by atoms with Gasteiger partial charge >= 0.3 is 0 Å². The van der Waals surface area contributed by atoms with Gasteiger partial charge in [0.25, 0.3) is 0 Å².